The molecule has 3 aromatic rings. The molecule has 1 heterocycles. The number of carbonyl (C=O) groups excluding carboxylic acids is 3. The van der Waals surface area contributed by atoms with E-state index in [-0.39, 0.29) is 12.3 Å². The number of ether oxygens (including phenoxy) is 1. The Labute approximate surface area is 199 Å². The van der Waals surface area contributed by atoms with E-state index in [2.05, 4.69) is 5.32 Å². The van der Waals surface area contributed by atoms with Crippen LogP contribution in [0.4, 0.5) is 16.2 Å². The van der Waals surface area contributed by atoms with Gasteiger partial charge in [0.05, 0.1) is 23.8 Å². The van der Waals surface area contributed by atoms with Crippen molar-refractivity contribution >= 4 is 52.6 Å². The Morgan fingerprint density at radius 2 is 1.52 bits per heavy atom. The minimum Gasteiger partial charge on any atom is -0.455 e. The predicted octanol–water partition coefficient (Wildman–Crippen LogP) is 4.81. The third-order valence-corrected chi connectivity index (χ3v) is 6.48. The number of benzene rings is 3. The lowest BCUT2D eigenvalue weighted by atomic mass is 10.0. The molecule has 7 nitrogen and oxygen atoms in total. The van der Waals surface area contributed by atoms with Gasteiger partial charge in [0.1, 0.15) is 0 Å². The van der Waals surface area contributed by atoms with Crippen molar-refractivity contribution < 1.29 is 19.1 Å². The molecular formula is C24H20ClN3O4S. The molecule has 0 bridgehead atoms. The van der Waals surface area contributed by atoms with E-state index >= 15 is 0 Å². The lowest BCUT2D eigenvalue weighted by Crippen LogP contribution is -2.36. The number of primary amides is 1. The molecule has 3 N–H and O–H groups in total. The molecule has 0 fully saturated rings. The van der Waals surface area contributed by atoms with Crippen LogP contribution in [0, 0.1) is 0 Å². The maximum absolute atomic E-state index is 13.1. The number of urea groups is 1. The molecule has 0 saturated carbocycles. The summed E-state index contributed by atoms with van der Waals surface area (Å²) in [6, 6.07) is 20.3. The summed E-state index contributed by atoms with van der Waals surface area (Å²) in [5, 5.41) is 2.87. The van der Waals surface area contributed by atoms with Crippen molar-refractivity contribution in [2.75, 3.05) is 11.5 Å². The van der Waals surface area contributed by atoms with Crippen LogP contribution in [-0.4, -0.2) is 24.5 Å². The molecular weight excluding hydrogens is 462 g/mol. The van der Waals surface area contributed by atoms with Crippen molar-refractivity contribution in [2.45, 2.75) is 22.3 Å². The summed E-state index contributed by atoms with van der Waals surface area (Å²) < 4.78 is 5.29. The molecule has 4 rings (SSSR count). The Bertz CT molecular complexity index is 1170. The van der Waals surface area contributed by atoms with Gasteiger partial charge in [-0.15, -0.1) is 0 Å². The lowest BCUT2D eigenvalue weighted by Gasteiger charge is -2.30. The second kappa shape index (κ2) is 9.97. The van der Waals surface area contributed by atoms with E-state index in [1.165, 1.54) is 0 Å². The fourth-order valence-electron chi connectivity index (χ4n) is 3.57. The zero-order valence-electron chi connectivity index (χ0n) is 17.4. The number of nitrogens with one attached hydrogen (secondary N) is 1. The summed E-state index contributed by atoms with van der Waals surface area (Å²) in [6.45, 7) is -0.460. The van der Waals surface area contributed by atoms with E-state index in [1.807, 2.05) is 48.5 Å². The Kier molecular flexibility index (Phi) is 6.86. The normalized spacial score (nSPS) is 12.8. The average Bonchev–Trinajstić information content (AvgIpc) is 2.80. The van der Waals surface area contributed by atoms with Gasteiger partial charge >= 0.3 is 12.0 Å². The number of para-hydroxylation sites is 2. The molecule has 0 saturated heterocycles. The van der Waals surface area contributed by atoms with E-state index < -0.39 is 24.6 Å². The van der Waals surface area contributed by atoms with Gasteiger partial charge in [-0.05, 0) is 35.9 Å². The van der Waals surface area contributed by atoms with Crippen molar-refractivity contribution in [2.24, 2.45) is 5.73 Å². The second-order valence-corrected chi connectivity index (χ2v) is 8.71. The first-order valence-corrected chi connectivity index (χ1v) is 11.3. The van der Waals surface area contributed by atoms with E-state index in [4.69, 9.17) is 22.1 Å². The predicted molar refractivity (Wildman–Crippen MR) is 127 cm³/mol. The summed E-state index contributed by atoms with van der Waals surface area (Å²) in [6.07, 6.45) is -0.233. The highest BCUT2D eigenvalue weighted by atomic mass is 35.5. The quantitative estimate of drug-likeness (QED) is 0.492. The van der Waals surface area contributed by atoms with Gasteiger partial charge in [-0.2, -0.15) is 0 Å². The van der Waals surface area contributed by atoms with Crippen molar-refractivity contribution in [1.29, 1.82) is 0 Å². The number of rotatable bonds is 6. The molecule has 0 aliphatic carbocycles. The Balaban J connectivity index is 1.48. The van der Waals surface area contributed by atoms with E-state index in [0.717, 1.165) is 21.2 Å². The fraction of sp³-hybridized carbons (Fsp3) is 0.125. The molecule has 1 atom stereocenters. The highest BCUT2D eigenvalue weighted by Gasteiger charge is 2.29. The van der Waals surface area contributed by atoms with Crippen LogP contribution < -0.4 is 16.0 Å². The Morgan fingerprint density at radius 3 is 2.12 bits per heavy atom. The number of halogens is 1. The monoisotopic (exact) mass is 481 g/mol. The van der Waals surface area contributed by atoms with Gasteiger partial charge in [0, 0.05) is 14.8 Å². The first-order valence-electron chi connectivity index (χ1n) is 10.1. The number of amides is 3. The summed E-state index contributed by atoms with van der Waals surface area (Å²) in [5.41, 5.74) is 7.24. The van der Waals surface area contributed by atoms with Crippen LogP contribution in [0.15, 0.2) is 82.6 Å². The van der Waals surface area contributed by atoms with E-state index in [9.17, 15) is 14.4 Å². The molecule has 0 radical (unpaired) electrons. The average molecular weight is 482 g/mol. The van der Waals surface area contributed by atoms with Crippen LogP contribution in [0.2, 0.25) is 5.02 Å². The molecule has 33 heavy (non-hydrogen) atoms. The summed E-state index contributed by atoms with van der Waals surface area (Å²) in [4.78, 5) is 40.6. The zero-order chi connectivity index (χ0) is 23.4. The molecule has 9 heteroatoms. The third kappa shape index (κ3) is 5.13. The van der Waals surface area contributed by atoms with Crippen molar-refractivity contribution in [3.63, 3.8) is 0 Å². The van der Waals surface area contributed by atoms with Crippen LogP contribution in [-0.2, 0) is 14.3 Å². The van der Waals surface area contributed by atoms with Gasteiger partial charge < -0.3 is 15.8 Å². The largest absolute Gasteiger partial charge is 0.455 e. The summed E-state index contributed by atoms with van der Waals surface area (Å²) in [7, 11) is 0. The maximum Gasteiger partial charge on any atom is 0.312 e. The first-order chi connectivity index (χ1) is 15.9. The highest BCUT2D eigenvalue weighted by molar-refractivity contribution is 7.99. The first kappa shape index (κ1) is 22.7. The number of esters is 1. The van der Waals surface area contributed by atoms with Crippen LogP contribution in [0.1, 0.15) is 18.0 Å². The number of fused-ring (bicyclic) bond motifs is 2. The third-order valence-electron chi connectivity index (χ3n) is 5.01. The van der Waals surface area contributed by atoms with Gasteiger partial charge in [-0.25, -0.2) is 4.79 Å². The van der Waals surface area contributed by atoms with Gasteiger partial charge in [0.2, 0.25) is 0 Å². The lowest BCUT2D eigenvalue weighted by molar-refractivity contribution is -0.148. The molecule has 0 spiro atoms. The second-order valence-electron chi connectivity index (χ2n) is 7.21. The zero-order valence-corrected chi connectivity index (χ0v) is 18.9. The topological polar surface area (TPSA) is 102 Å². The summed E-state index contributed by atoms with van der Waals surface area (Å²) in [5.74, 6) is -1.06. The number of hydrogen-bond donors (Lipinski definition) is 2. The number of nitrogens with zero attached hydrogens (tertiary/aromatic N) is 1. The van der Waals surface area contributed by atoms with Gasteiger partial charge in [0.15, 0.2) is 6.61 Å². The Morgan fingerprint density at radius 1 is 0.939 bits per heavy atom. The minimum absolute atomic E-state index is 0.233. The van der Waals surface area contributed by atoms with Crippen LogP contribution >= 0.6 is 23.4 Å². The highest BCUT2D eigenvalue weighted by Crippen LogP contribution is 2.47. The van der Waals surface area contributed by atoms with E-state index in [0.29, 0.717) is 10.6 Å². The van der Waals surface area contributed by atoms with Gasteiger partial charge in [-0.1, -0.05) is 65.8 Å². The number of nitrogens with two attached hydrogens (primary N) is 1. The molecule has 168 valence electrons. The van der Waals surface area contributed by atoms with Crippen molar-refractivity contribution in [3.05, 3.63) is 83.4 Å². The number of hydrogen-bond acceptors (Lipinski definition) is 5. The standard InChI is InChI=1S/C24H20ClN3O4S/c25-16-8-2-1-7-15(16)17(27-24(26)31)13-23(30)32-14-22(29)28-18-9-3-5-11-20(18)33-21-12-6-4-10-19(21)28/h1-12,17H,13-14H2,(H3,26,27,31). The SMILES string of the molecule is NC(=O)NC(CC(=O)OCC(=O)N1c2ccccc2Sc2ccccc21)c1ccccc1Cl. The van der Waals surface area contributed by atoms with Crippen LogP contribution in [0.3, 0.4) is 0 Å². The molecule has 3 amide bonds. The van der Waals surface area contributed by atoms with Crippen molar-refractivity contribution in [3.8, 4) is 0 Å². The van der Waals surface area contributed by atoms with Crippen molar-refractivity contribution in [1.82, 2.24) is 5.32 Å². The Hall–Kier alpha value is -3.49. The molecule has 1 unspecified atom stereocenters. The fourth-order valence-corrected chi connectivity index (χ4v) is 4.90. The molecule has 1 aliphatic heterocycles. The minimum atomic E-state index is -0.803. The molecule has 1 aliphatic rings. The van der Waals surface area contributed by atoms with Gasteiger partial charge in [-0.3, -0.25) is 14.5 Å². The number of carbonyl (C=O) groups is 3. The van der Waals surface area contributed by atoms with E-state index in [1.54, 1.807) is 40.9 Å². The number of anilines is 2. The maximum atomic E-state index is 13.1. The molecule has 0 aromatic heterocycles. The van der Waals surface area contributed by atoms with Crippen LogP contribution in [0.5, 0.6) is 0 Å². The van der Waals surface area contributed by atoms with Gasteiger partial charge in [0.25, 0.3) is 5.91 Å². The molecule has 3 aromatic carbocycles. The van der Waals surface area contributed by atoms with Crippen LogP contribution in [0.25, 0.3) is 0 Å². The summed E-state index contributed by atoms with van der Waals surface area (Å²) >= 11 is 7.78. The smallest absolute Gasteiger partial charge is 0.312 e.